The molecule has 0 atom stereocenters. The Kier molecular flexibility index (Phi) is 8.08. The topological polar surface area (TPSA) is 85.0 Å². The van der Waals surface area contributed by atoms with Gasteiger partial charge >= 0.3 is 6.03 Å². The van der Waals surface area contributed by atoms with Crippen LogP contribution < -0.4 is 15.5 Å². The highest BCUT2D eigenvalue weighted by atomic mass is 16.2. The third-order valence-corrected chi connectivity index (χ3v) is 7.48. The van der Waals surface area contributed by atoms with E-state index in [0.29, 0.717) is 19.4 Å². The second kappa shape index (κ2) is 11.2. The molecule has 0 unspecified atom stereocenters. The molecular weight excluding hydrogens is 430 g/mol. The molecule has 2 aliphatic heterocycles. The van der Waals surface area contributed by atoms with Crippen LogP contribution in [0.5, 0.6) is 0 Å². The molecule has 3 fully saturated rings. The minimum atomic E-state index is -0.711. The lowest BCUT2D eigenvalue weighted by Crippen LogP contribution is -2.48. The van der Waals surface area contributed by atoms with Crippen molar-refractivity contribution in [3.63, 3.8) is 0 Å². The summed E-state index contributed by atoms with van der Waals surface area (Å²) in [6.07, 6.45) is 6.58. The van der Waals surface area contributed by atoms with E-state index >= 15 is 0 Å². The lowest BCUT2D eigenvalue weighted by Gasteiger charge is -2.36. The van der Waals surface area contributed by atoms with Crippen LogP contribution in [-0.2, 0) is 9.59 Å². The second-order valence-corrected chi connectivity index (χ2v) is 10.0. The molecule has 1 aromatic carbocycles. The fourth-order valence-electron chi connectivity index (χ4n) is 5.42. The summed E-state index contributed by atoms with van der Waals surface area (Å²) in [7, 11) is 0. The molecule has 4 amide bonds. The Hall–Kier alpha value is -2.61. The first-order valence-corrected chi connectivity index (χ1v) is 12.9. The second-order valence-electron chi connectivity index (χ2n) is 10.0. The van der Waals surface area contributed by atoms with E-state index in [1.54, 1.807) is 0 Å². The van der Waals surface area contributed by atoms with Crippen LogP contribution in [-0.4, -0.2) is 79.0 Å². The molecule has 186 valence electrons. The number of piperazine rings is 1. The minimum Gasteiger partial charge on any atom is -0.369 e. The van der Waals surface area contributed by atoms with Gasteiger partial charge in [-0.15, -0.1) is 0 Å². The van der Waals surface area contributed by atoms with E-state index in [0.717, 1.165) is 64.8 Å². The van der Waals surface area contributed by atoms with Crippen LogP contribution in [0, 0.1) is 6.92 Å². The number of anilines is 1. The molecule has 34 heavy (non-hydrogen) atoms. The summed E-state index contributed by atoms with van der Waals surface area (Å²) in [6.45, 7) is 8.18. The molecule has 2 saturated heterocycles. The van der Waals surface area contributed by atoms with Gasteiger partial charge in [-0.05, 0) is 56.8 Å². The highest BCUT2D eigenvalue weighted by Crippen LogP contribution is 2.33. The number of carbonyl (C=O) groups excluding carboxylic acids is 3. The normalized spacial score (nSPS) is 20.6. The number of aryl methyl sites for hydroxylation is 1. The Morgan fingerprint density at radius 2 is 1.79 bits per heavy atom. The van der Waals surface area contributed by atoms with Gasteiger partial charge in [-0.1, -0.05) is 31.4 Å². The van der Waals surface area contributed by atoms with Gasteiger partial charge < -0.3 is 15.5 Å². The fourth-order valence-corrected chi connectivity index (χ4v) is 5.42. The summed E-state index contributed by atoms with van der Waals surface area (Å²) < 4.78 is 0. The van der Waals surface area contributed by atoms with Gasteiger partial charge in [0, 0.05) is 51.4 Å². The Morgan fingerprint density at radius 1 is 1.03 bits per heavy atom. The van der Waals surface area contributed by atoms with Gasteiger partial charge in [0.25, 0.3) is 5.91 Å². The molecule has 1 saturated carbocycles. The lowest BCUT2D eigenvalue weighted by molar-refractivity contribution is -0.132. The van der Waals surface area contributed by atoms with Crippen molar-refractivity contribution in [1.82, 2.24) is 20.4 Å². The SMILES string of the molecule is Cc1cccc(N2CCN(CCCCNC(=O)CCN3C(=O)NC4(CCCCC4)C3=O)CC2)c1. The van der Waals surface area contributed by atoms with Crippen LogP contribution in [0.1, 0.15) is 56.9 Å². The molecule has 1 aromatic rings. The van der Waals surface area contributed by atoms with Gasteiger partial charge in [0.15, 0.2) is 0 Å². The van der Waals surface area contributed by atoms with Gasteiger partial charge in [0.2, 0.25) is 5.91 Å². The van der Waals surface area contributed by atoms with Gasteiger partial charge in [-0.2, -0.15) is 0 Å². The maximum atomic E-state index is 12.8. The minimum absolute atomic E-state index is 0.100. The first-order valence-electron chi connectivity index (χ1n) is 12.9. The Balaban J connectivity index is 1.07. The quantitative estimate of drug-likeness (QED) is 0.429. The van der Waals surface area contributed by atoms with Crippen LogP contribution in [0.4, 0.5) is 10.5 Å². The number of hydrogen-bond donors (Lipinski definition) is 2. The first kappa shape index (κ1) is 24.5. The average Bonchev–Trinajstić information content (AvgIpc) is 3.06. The zero-order valence-corrected chi connectivity index (χ0v) is 20.5. The molecule has 1 spiro atoms. The molecule has 2 heterocycles. The van der Waals surface area contributed by atoms with Gasteiger partial charge in [0.1, 0.15) is 5.54 Å². The molecule has 8 heteroatoms. The van der Waals surface area contributed by atoms with E-state index in [-0.39, 0.29) is 30.8 Å². The monoisotopic (exact) mass is 469 g/mol. The van der Waals surface area contributed by atoms with Gasteiger partial charge in [-0.25, -0.2) is 4.79 Å². The van der Waals surface area contributed by atoms with Crippen molar-refractivity contribution in [3.8, 4) is 0 Å². The predicted octanol–water partition coefficient (Wildman–Crippen LogP) is 2.66. The van der Waals surface area contributed by atoms with Crippen molar-refractivity contribution in [2.75, 3.05) is 50.7 Å². The van der Waals surface area contributed by atoms with Crippen molar-refractivity contribution in [2.45, 2.75) is 63.8 Å². The molecule has 3 aliphatic rings. The first-order chi connectivity index (χ1) is 16.5. The van der Waals surface area contributed by atoms with Crippen molar-refractivity contribution in [3.05, 3.63) is 29.8 Å². The molecule has 8 nitrogen and oxygen atoms in total. The number of nitrogens with zero attached hydrogens (tertiary/aromatic N) is 3. The summed E-state index contributed by atoms with van der Waals surface area (Å²) in [5.74, 6) is -0.246. The predicted molar refractivity (Wildman–Crippen MR) is 133 cm³/mol. The number of hydrogen-bond acceptors (Lipinski definition) is 5. The number of imide groups is 1. The van der Waals surface area contributed by atoms with E-state index in [4.69, 9.17) is 0 Å². The standard InChI is InChI=1S/C26H39N5O3/c1-21-8-7-9-22(20-21)30-18-16-29(17-19-30)14-6-5-13-27-23(32)10-15-31-24(33)26(28-25(31)34)11-3-2-4-12-26/h7-9,20H,2-6,10-19H2,1H3,(H,27,32)(H,28,34). The molecule has 4 rings (SSSR count). The zero-order chi connectivity index (χ0) is 24.0. The molecule has 1 aliphatic carbocycles. The number of rotatable bonds is 9. The van der Waals surface area contributed by atoms with Crippen molar-refractivity contribution < 1.29 is 14.4 Å². The van der Waals surface area contributed by atoms with E-state index < -0.39 is 5.54 Å². The molecule has 0 radical (unpaired) electrons. The van der Waals surface area contributed by atoms with Gasteiger partial charge in [-0.3, -0.25) is 19.4 Å². The fraction of sp³-hybridized carbons (Fsp3) is 0.654. The van der Waals surface area contributed by atoms with Crippen molar-refractivity contribution >= 4 is 23.5 Å². The Bertz CT molecular complexity index is 875. The highest BCUT2D eigenvalue weighted by Gasteiger charge is 2.51. The highest BCUT2D eigenvalue weighted by molar-refractivity contribution is 6.07. The van der Waals surface area contributed by atoms with Crippen LogP contribution in [0.3, 0.4) is 0 Å². The summed E-state index contributed by atoms with van der Waals surface area (Å²) >= 11 is 0. The summed E-state index contributed by atoms with van der Waals surface area (Å²) in [6, 6.07) is 8.34. The number of carbonyl (C=O) groups is 3. The van der Waals surface area contributed by atoms with Crippen LogP contribution in [0.2, 0.25) is 0 Å². The molecule has 0 aromatic heterocycles. The van der Waals surface area contributed by atoms with Crippen LogP contribution in [0.25, 0.3) is 0 Å². The Morgan fingerprint density at radius 3 is 2.53 bits per heavy atom. The number of benzene rings is 1. The molecule has 0 bridgehead atoms. The third kappa shape index (κ3) is 5.90. The molecular formula is C26H39N5O3. The van der Waals surface area contributed by atoms with E-state index in [2.05, 4.69) is 51.6 Å². The number of urea groups is 1. The summed E-state index contributed by atoms with van der Waals surface area (Å²) in [5.41, 5.74) is 1.90. The third-order valence-electron chi connectivity index (χ3n) is 7.48. The van der Waals surface area contributed by atoms with Gasteiger partial charge in [0.05, 0.1) is 0 Å². The summed E-state index contributed by atoms with van der Waals surface area (Å²) in [4.78, 5) is 43.5. The number of amides is 4. The zero-order valence-electron chi connectivity index (χ0n) is 20.5. The lowest BCUT2D eigenvalue weighted by atomic mass is 9.82. The number of unbranched alkanes of at least 4 members (excludes halogenated alkanes) is 1. The maximum Gasteiger partial charge on any atom is 0.325 e. The molecule has 2 N–H and O–H groups in total. The van der Waals surface area contributed by atoms with E-state index in [1.807, 2.05) is 0 Å². The average molecular weight is 470 g/mol. The van der Waals surface area contributed by atoms with Crippen LogP contribution >= 0.6 is 0 Å². The smallest absolute Gasteiger partial charge is 0.325 e. The summed E-state index contributed by atoms with van der Waals surface area (Å²) in [5, 5.41) is 5.84. The largest absolute Gasteiger partial charge is 0.369 e. The van der Waals surface area contributed by atoms with Crippen molar-refractivity contribution in [2.24, 2.45) is 0 Å². The van der Waals surface area contributed by atoms with E-state index in [9.17, 15) is 14.4 Å². The van der Waals surface area contributed by atoms with Crippen LogP contribution in [0.15, 0.2) is 24.3 Å². The number of nitrogens with one attached hydrogen (secondary N) is 2. The van der Waals surface area contributed by atoms with E-state index in [1.165, 1.54) is 16.2 Å². The maximum absolute atomic E-state index is 12.8. The van der Waals surface area contributed by atoms with Crippen molar-refractivity contribution in [1.29, 1.82) is 0 Å². The Labute approximate surface area is 203 Å².